The van der Waals surface area contributed by atoms with Crippen LogP contribution < -0.4 is 0 Å². The lowest BCUT2D eigenvalue weighted by atomic mass is 10.0. The predicted octanol–water partition coefficient (Wildman–Crippen LogP) is 3.77. The van der Waals surface area contributed by atoms with Gasteiger partial charge in [-0.2, -0.15) is 0 Å². The molecule has 3 heterocycles. The molecule has 2 aromatic rings. The van der Waals surface area contributed by atoms with Crippen LogP contribution in [0.25, 0.3) is 10.9 Å². The van der Waals surface area contributed by atoms with Gasteiger partial charge >= 0.3 is 0 Å². The van der Waals surface area contributed by atoms with Gasteiger partial charge in [-0.1, -0.05) is 23.2 Å². The predicted molar refractivity (Wildman–Crippen MR) is 73.3 cm³/mol. The number of hydrogen-bond acceptors (Lipinski definition) is 2. The number of aromatic nitrogens is 2. The van der Waals surface area contributed by atoms with Crippen LogP contribution in [0.15, 0.2) is 18.3 Å². The first-order chi connectivity index (χ1) is 8.74. The van der Waals surface area contributed by atoms with Gasteiger partial charge in [0.25, 0.3) is 0 Å². The highest BCUT2D eigenvalue weighted by Crippen LogP contribution is 2.27. The molecule has 96 valence electrons. The van der Waals surface area contributed by atoms with E-state index < -0.39 is 0 Å². The minimum absolute atomic E-state index is 0.444. The number of rotatable bonds is 2. The van der Waals surface area contributed by atoms with E-state index >= 15 is 0 Å². The molecule has 2 aromatic heterocycles. The first-order valence-corrected chi connectivity index (χ1v) is 6.88. The van der Waals surface area contributed by atoms with Gasteiger partial charge in [-0.05, 0) is 30.9 Å². The maximum absolute atomic E-state index is 6.09. The van der Waals surface area contributed by atoms with Crippen LogP contribution >= 0.6 is 23.2 Å². The molecule has 1 aliphatic heterocycles. The van der Waals surface area contributed by atoms with E-state index in [1.165, 1.54) is 0 Å². The number of pyridine rings is 1. The van der Waals surface area contributed by atoms with E-state index in [2.05, 4.69) is 15.7 Å². The summed E-state index contributed by atoms with van der Waals surface area (Å²) in [5.74, 6) is 0.667. The molecule has 1 aliphatic rings. The van der Waals surface area contributed by atoms with Gasteiger partial charge in [-0.15, -0.1) is 0 Å². The third-order valence-corrected chi connectivity index (χ3v) is 3.97. The van der Waals surface area contributed by atoms with Gasteiger partial charge in [0.2, 0.25) is 0 Å². The summed E-state index contributed by atoms with van der Waals surface area (Å²) in [6.07, 6.45) is 4.29. The molecule has 0 bridgehead atoms. The van der Waals surface area contributed by atoms with Gasteiger partial charge < -0.3 is 9.30 Å². The molecule has 1 fully saturated rings. The zero-order chi connectivity index (χ0) is 12.5. The van der Waals surface area contributed by atoms with E-state index in [1.54, 1.807) is 0 Å². The molecule has 18 heavy (non-hydrogen) atoms. The molecule has 0 spiro atoms. The van der Waals surface area contributed by atoms with Gasteiger partial charge in [0.1, 0.15) is 10.3 Å². The van der Waals surface area contributed by atoms with E-state index in [0.717, 1.165) is 43.5 Å². The smallest absolute Gasteiger partial charge is 0.140 e. The van der Waals surface area contributed by atoms with E-state index in [4.69, 9.17) is 27.9 Å². The van der Waals surface area contributed by atoms with E-state index in [0.29, 0.717) is 16.2 Å². The second-order valence-corrected chi connectivity index (χ2v) is 5.44. The van der Waals surface area contributed by atoms with Gasteiger partial charge in [-0.3, -0.25) is 0 Å². The highest BCUT2D eigenvalue weighted by atomic mass is 35.5. The molecule has 3 rings (SSSR count). The van der Waals surface area contributed by atoms with Crippen molar-refractivity contribution in [2.75, 3.05) is 13.2 Å². The van der Waals surface area contributed by atoms with Crippen molar-refractivity contribution in [2.45, 2.75) is 19.4 Å². The van der Waals surface area contributed by atoms with Gasteiger partial charge in [-0.25, -0.2) is 4.98 Å². The standard InChI is InChI=1S/C13H14Cl2N2O/c14-12-7-11-10(13(15)16-12)1-4-17(11)8-9-2-5-18-6-3-9/h1,4,7,9H,2-3,5-6,8H2. The minimum atomic E-state index is 0.444. The molecule has 3 nitrogen and oxygen atoms in total. The lowest BCUT2D eigenvalue weighted by Crippen LogP contribution is -2.20. The maximum Gasteiger partial charge on any atom is 0.140 e. The monoisotopic (exact) mass is 284 g/mol. The van der Waals surface area contributed by atoms with Crippen LogP contribution in [0.5, 0.6) is 0 Å². The van der Waals surface area contributed by atoms with Crippen LogP contribution in [0, 0.1) is 5.92 Å². The summed E-state index contributed by atoms with van der Waals surface area (Å²) >= 11 is 12.1. The first-order valence-electron chi connectivity index (χ1n) is 6.12. The third-order valence-electron chi connectivity index (χ3n) is 3.49. The summed E-state index contributed by atoms with van der Waals surface area (Å²) < 4.78 is 7.60. The summed E-state index contributed by atoms with van der Waals surface area (Å²) in [5.41, 5.74) is 1.06. The van der Waals surface area contributed by atoms with Crippen molar-refractivity contribution in [3.8, 4) is 0 Å². The van der Waals surface area contributed by atoms with Crippen LogP contribution in [0.1, 0.15) is 12.8 Å². The molecule has 5 heteroatoms. The Balaban J connectivity index is 1.92. The van der Waals surface area contributed by atoms with Crippen LogP contribution in [-0.2, 0) is 11.3 Å². The summed E-state index contributed by atoms with van der Waals surface area (Å²) in [4.78, 5) is 4.06. The molecular formula is C13H14Cl2N2O. The third kappa shape index (κ3) is 2.35. The molecule has 0 aromatic carbocycles. The van der Waals surface area contributed by atoms with Crippen LogP contribution in [0.4, 0.5) is 0 Å². The fourth-order valence-corrected chi connectivity index (χ4v) is 2.97. The normalized spacial score (nSPS) is 17.4. The van der Waals surface area contributed by atoms with E-state index in [9.17, 15) is 0 Å². The van der Waals surface area contributed by atoms with Gasteiger partial charge in [0.05, 0.1) is 5.52 Å². The van der Waals surface area contributed by atoms with Gasteiger partial charge in [0.15, 0.2) is 0 Å². The Kier molecular flexibility index (Phi) is 3.46. The quantitative estimate of drug-likeness (QED) is 0.785. The van der Waals surface area contributed by atoms with E-state index in [-0.39, 0.29) is 0 Å². The van der Waals surface area contributed by atoms with Crippen molar-refractivity contribution in [3.63, 3.8) is 0 Å². The fraction of sp³-hybridized carbons (Fsp3) is 0.462. The van der Waals surface area contributed by atoms with Crippen molar-refractivity contribution in [1.82, 2.24) is 9.55 Å². The summed E-state index contributed by atoms with van der Waals surface area (Å²) in [7, 11) is 0. The average Bonchev–Trinajstić information content (AvgIpc) is 2.74. The molecule has 0 atom stereocenters. The van der Waals surface area contributed by atoms with Crippen LogP contribution in [-0.4, -0.2) is 22.8 Å². The van der Waals surface area contributed by atoms with Crippen molar-refractivity contribution in [2.24, 2.45) is 5.92 Å². The molecule has 1 saturated heterocycles. The zero-order valence-electron chi connectivity index (χ0n) is 9.90. The van der Waals surface area contributed by atoms with Crippen LogP contribution in [0.2, 0.25) is 10.3 Å². The summed E-state index contributed by atoms with van der Waals surface area (Å²) in [5, 5.41) is 1.88. The Morgan fingerprint density at radius 1 is 1.33 bits per heavy atom. The second kappa shape index (κ2) is 5.08. The highest BCUT2D eigenvalue weighted by Gasteiger charge is 2.16. The number of nitrogens with zero attached hydrogens (tertiary/aromatic N) is 2. The highest BCUT2D eigenvalue weighted by molar-refractivity contribution is 6.36. The Hall–Kier alpha value is -0.770. The fourth-order valence-electron chi connectivity index (χ4n) is 2.49. The Morgan fingerprint density at radius 3 is 2.89 bits per heavy atom. The Morgan fingerprint density at radius 2 is 2.11 bits per heavy atom. The second-order valence-electron chi connectivity index (χ2n) is 4.69. The summed E-state index contributed by atoms with van der Waals surface area (Å²) in [6.45, 7) is 2.73. The molecule has 0 saturated carbocycles. The van der Waals surface area contributed by atoms with Gasteiger partial charge in [0, 0.05) is 31.3 Å². The minimum Gasteiger partial charge on any atom is -0.381 e. The molecule has 0 aliphatic carbocycles. The molecule has 0 N–H and O–H groups in total. The number of hydrogen-bond donors (Lipinski definition) is 0. The Bertz CT molecular complexity index is 561. The number of fused-ring (bicyclic) bond motifs is 1. The van der Waals surface area contributed by atoms with Crippen molar-refractivity contribution in [3.05, 3.63) is 28.6 Å². The topological polar surface area (TPSA) is 27.1 Å². The van der Waals surface area contributed by atoms with E-state index in [1.807, 2.05) is 12.1 Å². The lowest BCUT2D eigenvalue weighted by molar-refractivity contribution is 0.0616. The maximum atomic E-state index is 6.09. The van der Waals surface area contributed by atoms with Crippen molar-refractivity contribution >= 4 is 34.1 Å². The van der Waals surface area contributed by atoms with Crippen molar-refractivity contribution in [1.29, 1.82) is 0 Å². The first kappa shape index (κ1) is 12.3. The SMILES string of the molecule is Clc1cc2c(ccn2CC2CCOCC2)c(Cl)n1. The number of ether oxygens (including phenoxy) is 1. The molecule has 0 unspecified atom stereocenters. The molecular weight excluding hydrogens is 271 g/mol. The molecule has 0 radical (unpaired) electrons. The summed E-state index contributed by atoms with van der Waals surface area (Å²) in [6, 6.07) is 3.88. The largest absolute Gasteiger partial charge is 0.381 e. The molecule has 0 amide bonds. The van der Waals surface area contributed by atoms with Crippen LogP contribution in [0.3, 0.4) is 0 Å². The average molecular weight is 285 g/mol. The number of halogens is 2. The zero-order valence-corrected chi connectivity index (χ0v) is 11.4. The lowest BCUT2D eigenvalue weighted by Gasteiger charge is -2.22. The Labute approximate surface area is 116 Å². The van der Waals surface area contributed by atoms with Crippen molar-refractivity contribution < 1.29 is 4.74 Å².